The summed E-state index contributed by atoms with van der Waals surface area (Å²) in [4.78, 5) is 9.52. The van der Waals surface area contributed by atoms with E-state index in [1.54, 1.807) is 0 Å². The van der Waals surface area contributed by atoms with E-state index in [1.807, 2.05) is 0 Å². The van der Waals surface area contributed by atoms with E-state index < -0.39 is 98.3 Å². The molecule has 6 aromatic rings. The van der Waals surface area contributed by atoms with Crippen molar-refractivity contribution in [1.82, 2.24) is 15.0 Å². The zero-order valence-electron chi connectivity index (χ0n) is 38.7. The van der Waals surface area contributed by atoms with Crippen LogP contribution >= 0.6 is 24.4 Å². The quantitative estimate of drug-likeness (QED) is 0.00503. The SMILES string of the molecule is Nc1ccc2c(O)c(N=Nc3cc(Nc4nc(F)nc(Nc5ccc(S(=O)(=O)CCOS(=O)(=O)[O-])cc5)n4)ccc3S(=O)(=O)[O-])c(SOO[O-])cc2c1N=Nc1ccc(S(=O)(=O)CCOSOO[O-])cc1.[Na+].[Na+].[Na+].[Na+]. The van der Waals surface area contributed by atoms with Gasteiger partial charge in [-0.05, 0) is 84.9 Å². The Labute approximate surface area is 521 Å². The van der Waals surface area contributed by atoms with Gasteiger partial charge in [0.2, 0.25) is 22.3 Å². The van der Waals surface area contributed by atoms with Crippen LogP contribution in [0.2, 0.25) is 0 Å². The Morgan fingerprint density at radius 3 is 1.80 bits per heavy atom. The third-order valence-corrected chi connectivity index (χ3v) is 14.5. The number of hydrogen-bond acceptors (Lipinski definition) is 31. The molecule has 0 amide bonds. The molecule has 1 aromatic heterocycles. The van der Waals surface area contributed by atoms with E-state index in [2.05, 4.69) is 69.0 Å². The van der Waals surface area contributed by atoms with Crippen molar-refractivity contribution in [3.05, 3.63) is 91.0 Å². The van der Waals surface area contributed by atoms with Gasteiger partial charge in [-0.25, -0.2) is 33.7 Å². The summed E-state index contributed by atoms with van der Waals surface area (Å²) in [5, 5.41) is 60.1. The first-order valence-corrected chi connectivity index (χ1v) is 26.1. The Bertz CT molecular complexity index is 3460. The van der Waals surface area contributed by atoms with Crippen molar-refractivity contribution in [2.24, 2.45) is 20.5 Å². The molecule has 0 bridgehead atoms. The molecule has 0 aliphatic carbocycles. The zero-order chi connectivity index (χ0) is 51.6. The van der Waals surface area contributed by atoms with Gasteiger partial charge in [-0.1, -0.05) is 0 Å². The van der Waals surface area contributed by atoms with E-state index in [4.69, 9.17) is 9.92 Å². The number of nitrogens with one attached hydrogen (secondary N) is 2. The third-order valence-electron chi connectivity index (χ3n) is 8.79. The number of phenolic OH excluding ortho intramolecular Hbond substituents is 1. The number of fused-ring (bicyclic) bond motifs is 1. The molecular formula is C35H27FN10Na4O19S6. The van der Waals surface area contributed by atoms with Gasteiger partial charge in [0.1, 0.15) is 27.2 Å². The number of hydrogen-bond donors (Lipinski definition) is 4. The number of nitrogens with two attached hydrogens (primary N) is 1. The topological polar surface area (TPSA) is 443 Å². The summed E-state index contributed by atoms with van der Waals surface area (Å²) in [6.07, 6.45) is -1.34. The van der Waals surface area contributed by atoms with Crippen molar-refractivity contribution in [2.75, 3.05) is 41.1 Å². The third kappa shape index (κ3) is 20.1. The molecule has 0 aliphatic heterocycles. The largest absolute Gasteiger partial charge is 1.00 e. The first-order chi connectivity index (χ1) is 33.6. The molecule has 0 saturated carbocycles. The van der Waals surface area contributed by atoms with Gasteiger partial charge in [0, 0.05) is 22.1 Å². The van der Waals surface area contributed by atoms with Gasteiger partial charge in [-0.15, -0.1) is 19.7 Å². The number of azo groups is 2. The van der Waals surface area contributed by atoms with Crippen molar-refractivity contribution >= 4 is 127 Å². The first kappa shape index (κ1) is 68.9. The van der Waals surface area contributed by atoms with Crippen LogP contribution in [0.3, 0.4) is 0 Å². The Morgan fingerprint density at radius 1 is 0.653 bits per heavy atom. The van der Waals surface area contributed by atoms with Crippen molar-refractivity contribution < 1.29 is 208 Å². The maximum absolute atomic E-state index is 14.6. The minimum absolute atomic E-state index is 0. The molecule has 5 aromatic carbocycles. The van der Waals surface area contributed by atoms with Crippen molar-refractivity contribution in [1.29, 1.82) is 0 Å². The molecule has 0 atom stereocenters. The Hall–Kier alpha value is -2.20. The van der Waals surface area contributed by atoms with Crippen LogP contribution < -0.4 is 145 Å². The molecule has 0 fully saturated rings. The van der Waals surface area contributed by atoms with Crippen LogP contribution in [0.5, 0.6) is 5.75 Å². The molecule has 40 heteroatoms. The first-order valence-electron chi connectivity index (χ1n) is 18.7. The maximum Gasteiger partial charge on any atom is 1.00 e. The van der Waals surface area contributed by atoms with Crippen LogP contribution in [0.1, 0.15) is 0 Å². The summed E-state index contributed by atoms with van der Waals surface area (Å²) in [7, 11) is -18.4. The zero-order valence-corrected chi connectivity index (χ0v) is 51.6. The average Bonchev–Trinajstić information content (AvgIpc) is 3.29. The number of benzene rings is 5. The minimum Gasteiger partial charge on any atom is -0.744 e. The molecule has 75 heavy (non-hydrogen) atoms. The number of anilines is 5. The van der Waals surface area contributed by atoms with Crippen LogP contribution in [0.15, 0.2) is 125 Å². The summed E-state index contributed by atoms with van der Waals surface area (Å²) < 4.78 is 151. The van der Waals surface area contributed by atoms with Crippen molar-refractivity contribution in [3.63, 3.8) is 0 Å². The second-order valence-corrected chi connectivity index (χ2v) is 21.2. The van der Waals surface area contributed by atoms with E-state index in [0.717, 1.165) is 30.3 Å². The van der Waals surface area contributed by atoms with Gasteiger partial charge in [0.25, 0.3) is 0 Å². The molecule has 29 nitrogen and oxygen atoms in total. The predicted octanol–water partition coefficient (Wildman–Crippen LogP) is -8.25. The smallest absolute Gasteiger partial charge is 0.744 e. The summed E-state index contributed by atoms with van der Waals surface area (Å²) in [6, 6.07) is 16.5. The fraction of sp³-hybridized carbons (Fsp3) is 0.114. The second kappa shape index (κ2) is 31.0. The number of aromatic nitrogens is 3. The summed E-state index contributed by atoms with van der Waals surface area (Å²) in [6.45, 7) is -1.28. The Kier molecular flexibility index (Phi) is 28.5. The van der Waals surface area contributed by atoms with E-state index >= 15 is 0 Å². The Balaban J connectivity index is 0.00000481. The fourth-order valence-corrected chi connectivity index (χ4v) is 9.68. The fourth-order valence-electron chi connectivity index (χ4n) is 5.72. The van der Waals surface area contributed by atoms with Gasteiger partial charge in [0.15, 0.2) is 37.7 Å². The van der Waals surface area contributed by atoms with Gasteiger partial charge >= 0.3 is 124 Å². The Morgan fingerprint density at radius 2 is 1.21 bits per heavy atom. The monoisotopic (exact) mass is 1190 g/mol. The second-order valence-electron chi connectivity index (χ2n) is 13.3. The van der Waals surface area contributed by atoms with Crippen LogP contribution in [0.4, 0.5) is 56.1 Å². The number of nitrogens with zero attached hydrogens (tertiary/aromatic N) is 7. The maximum atomic E-state index is 14.6. The number of halogens is 1. The predicted molar refractivity (Wildman–Crippen MR) is 236 cm³/mol. The van der Waals surface area contributed by atoms with E-state index in [-0.39, 0.29) is 203 Å². The molecule has 5 N–H and O–H groups in total. The summed E-state index contributed by atoms with van der Waals surface area (Å²) >= 11 is 0.354. The molecular weight excluding hydrogens is 1170 g/mol. The molecule has 6 rings (SSSR count). The summed E-state index contributed by atoms with van der Waals surface area (Å²) in [5.41, 5.74) is 5.20. The molecule has 378 valence electrons. The number of nitrogen functional groups attached to an aromatic ring is 1. The molecule has 0 spiro atoms. The van der Waals surface area contributed by atoms with E-state index in [0.29, 0.717) is 0 Å². The van der Waals surface area contributed by atoms with Gasteiger partial charge in [-0.2, -0.15) is 28.8 Å². The molecule has 0 radical (unpaired) electrons. The van der Waals surface area contributed by atoms with E-state index in [1.165, 1.54) is 54.6 Å². The number of aromatic hydroxyl groups is 1. The summed E-state index contributed by atoms with van der Waals surface area (Å²) in [5.74, 6) is -2.93. The van der Waals surface area contributed by atoms with Crippen LogP contribution in [0.25, 0.3) is 10.8 Å². The van der Waals surface area contributed by atoms with Crippen molar-refractivity contribution in [2.45, 2.75) is 19.6 Å². The number of sulfone groups is 2. The molecule has 0 saturated heterocycles. The molecule has 0 unspecified atom stereocenters. The van der Waals surface area contributed by atoms with Crippen LogP contribution in [-0.2, 0) is 67.3 Å². The van der Waals surface area contributed by atoms with Crippen molar-refractivity contribution in [3.8, 4) is 5.75 Å². The van der Waals surface area contributed by atoms with E-state index in [9.17, 15) is 62.8 Å². The van der Waals surface area contributed by atoms with Gasteiger partial charge in [-0.3, -0.25) is 18.4 Å². The average molecular weight is 1200 g/mol. The standard InChI is InChI=1S/C35H31FN10O19S6.4Na/c36-33-40-34(38-19-1-6-22(7-2-19)69(52,53)16-14-61-71(57,58)59)42-35(41-33)39-21-5-12-29(70(54,55)56)27(17-21)44-46-31-28(66-64-62-48)18-25-24(32(31)47)10-11-26(37)30(25)45-43-20-3-8-23(9-4-20)68(50,51)15-13-60-67-65-63-49;;;;/h1-12,17-18,47-49H,13-16,37H2,(H,54,55,56)(H,57,58,59)(H2,38,39,40,41,42);;;;/q;4*+1/p-4. The van der Waals surface area contributed by atoms with Crippen LogP contribution in [-0.4, -0.2) is 87.6 Å². The minimum atomic E-state index is -5.29. The molecule has 0 aliphatic rings. The van der Waals surface area contributed by atoms with Crippen LogP contribution in [0, 0.1) is 6.08 Å². The van der Waals surface area contributed by atoms with Gasteiger partial charge < -0.3 is 41.1 Å². The van der Waals surface area contributed by atoms with Gasteiger partial charge in [0.05, 0.1) is 67.7 Å². The number of phenols is 1. The molecule has 1 heterocycles. The number of rotatable bonds is 24. The normalized spacial score (nSPS) is 11.9.